The van der Waals surface area contributed by atoms with Crippen molar-refractivity contribution in [1.82, 2.24) is 14.5 Å². The number of aromatic hydroxyl groups is 2. The molecule has 3 heterocycles. The van der Waals surface area contributed by atoms with Crippen molar-refractivity contribution in [3.63, 3.8) is 0 Å². The fourth-order valence-electron chi connectivity index (χ4n) is 3.58. The average molecular weight is 443 g/mol. The molecule has 0 aliphatic heterocycles. The van der Waals surface area contributed by atoms with Crippen LogP contribution in [0.2, 0.25) is 0 Å². The molecular formula is C24H17N3O4S. The van der Waals surface area contributed by atoms with E-state index in [4.69, 9.17) is 4.74 Å². The van der Waals surface area contributed by atoms with Crippen LogP contribution in [0.5, 0.6) is 17.4 Å². The summed E-state index contributed by atoms with van der Waals surface area (Å²) in [7, 11) is 1.59. The van der Waals surface area contributed by atoms with E-state index in [1.165, 1.54) is 28.3 Å². The number of aromatic nitrogens is 3. The summed E-state index contributed by atoms with van der Waals surface area (Å²) in [6, 6.07) is 17.7. The second-order valence-corrected chi connectivity index (χ2v) is 8.00. The fraction of sp³-hybridized carbons (Fsp3) is 0.0417. The number of rotatable bonds is 5. The quantitative estimate of drug-likeness (QED) is 0.379. The Kier molecular flexibility index (Phi) is 4.84. The Hall–Kier alpha value is -4.17. The molecule has 0 spiro atoms. The highest BCUT2D eigenvalue weighted by Crippen LogP contribution is 2.45. The van der Waals surface area contributed by atoms with Gasteiger partial charge in [-0.3, -0.25) is 14.3 Å². The summed E-state index contributed by atoms with van der Waals surface area (Å²) in [6.45, 7) is 0. The van der Waals surface area contributed by atoms with Crippen LogP contribution in [-0.4, -0.2) is 37.6 Å². The number of benzene rings is 2. The number of nitrogens with zero attached hydrogens (tertiary/aromatic N) is 3. The summed E-state index contributed by atoms with van der Waals surface area (Å²) in [4.78, 5) is 21.9. The SMILES string of the molecule is COc1ccc2nc(-n3c(O)c(O)c(C(=O)c4ccncc4)c3-c3ccccc3)sc2c1. The molecule has 0 radical (unpaired) electrons. The molecule has 0 bridgehead atoms. The van der Waals surface area contributed by atoms with Crippen LogP contribution in [0, 0.1) is 0 Å². The van der Waals surface area contributed by atoms with E-state index in [2.05, 4.69) is 9.97 Å². The number of pyridine rings is 1. The van der Waals surface area contributed by atoms with Gasteiger partial charge in [0.25, 0.3) is 0 Å². The highest BCUT2D eigenvalue weighted by molar-refractivity contribution is 7.20. The fourth-order valence-corrected chi connectivity index (χ4v) is 4.58. The number of hydrogen-bond acceptors (Lipinski definition) is 7. The molecule has 8 heteroatoms. The van der Waals surface area contributed by atoms with Crippen molar-refractivity contribution < 1.29 is 19.7 Å². The lowest BCUT2D eigenvalue weighted by molar-refractivity contribution is 0.103. The van der Waals surface area contributed by atoms with Gasteiger partial charge >= 0.3 is 0 Å². The number of fused-ring (bicyclic) bond motifs is 1. The van der Waals surface area contributed by atoms with Gasteiger partial charge < -0.3 is 14.9 Å². The maximum absolute atomic E-state index is 13.4. The number of carbonyl (C=O) groups is 1. The Balaban J connectivity index is 1.79. The standard InChI is InChI=1S/C24H17N3O4S/c1-31-16-7-8-17-18(13-16)32-24(26-17)27-20(14-5-3-2-4-6-14)19(22(29)23(27)30)21(28)15-9-11-25-12-10-15/h2-13,29-30H,1H3. The van der Waals surface area contributed by atoms with E-state index in [0.29, 0.717) is 33.2 Å². The van der Waals surface area contributed by atoms with Gasteiger partial charge in [-0.25, -0.2) is 4.98 Å². The van der Waals surface area contributed by atoms with Crippen molar-refractivity contribution in [3.05, 3.63) is 84.2 Å². The van der Waals surface area contributed by atoms with Crippen molar-refractivity contribution in [2.45, 2.75) is 0 Å². The van der Waals surface area contributed by atoms with Gasteiger partial charge in [0, 0.05) is 18.0 Å². The second kappa shape index (κ2) is 7.82. The van der Waals surface area contributed by atoms with E-state index in [9.17, 15) is 15.0 Å². The summed E-state index contributed by atoms with van der Waals surface area (Å²) < 4.78 is 7.54. The van der Waals surface area contributed by atoms with Gasteiger partial charge in [0.05, 0.1) is 28.6 Å². The molecule has 0 saturated heterocycles. The first-order chi connectivity index (χ1) is 15.6. The molecule has 2 aromatic carbocycles. The van der Waals surface area contributed by atoms with E-state index in [-0.39, 0.29) is 5.56 Å². The minimum Gasteiger partial charge on any atom is -0.503 e. The van der Waals surface area contributed by atoms with E-state index in [0.717, 1.165) is 4.70 Å². The molecule has 32 heavy (non-hydrogen) atoms. The Labute approximate surface area is 186 Å². The summed E-state index contributed by atoms with van der Waals surface area (Å²) in [5.41, 5.74) is 2.06. The zero-order valence-electron chi connectivity index (χ0n) is 16.9. The molecule has 0 atom stereocenters. The molecule has 0 saturated carbocycles. The lowest BCUT2D eigenvalue weighted by Gasteiger charge is -2.09. The molecule has 5 aromatic rings. The lowest BCUT2D eigenvalue weighted by Crippen LogP contribution is -2.05. The number of thiazole rings is 1. The summed E-state index contributed by atoms with van der Waals surface area (Å²) in [6.07, 6.45) is 3.01. The van der Waals surface area contributed by atoms with Crippen LogP contribution in [0.1, 0.15) is 15.9 Å². The Morgan fingerprint density at radius 3 is 2.50 bits per heavy atom. The van der Waals surface area contributed by atoms with Crippen molar-refractivity contribution in [3.8, 4) is 33.8 Å². The average Bonchev–Trinajstić information content (AvgIpc) is 3.37. The van der Waals surface area contributed by atoms with E-state index < -0.39 is 17.4 Å². The summed E-state index contributed by atoms with van der Waals surface area (Å²) in [5, 5.41) is 22.2. The first kappa shape index (κ1) is 19.8. The first-order valence-electron chi connectivity index (χ1n) is 9.70. The van der Waals surface area contributed by atoms with Crippen LogP contribution in [0.3, 0.4) is 0 Å². The van der Waals surface area contributed by atoms with E-state index >= 15 is 0 Å². The van der Waals surface area contributed by atoms with Gasteiger partial charge in [-0.05, 0) is 35.9 Å². The predicted octanol–water partition coefficient (Wildman–Crippen LogP) is 4.80. The van der Waals surface area contributed by atoms with Crippen molar-refractivity contribution in [2.24, 2.45) is 0 Å². The zero-order chi connectivity index (χ0) is 22.2. The molecule has 3 aromatic heterocycles. The van der Waals surface area contributed by atoms with Gasteiger partial charge in [-0.2, -0.15) is 0 Å². The predicted molar refractivity (Wildman–Crippen MR) is 122 cm³/mol. The van der Waals surface area contributed by atoms with Crippen LogP contribution < -0.4 is 4.74 Å². The van der Waals surface area contributed by atoms with Crippen LogP contribution in [0.15, 0.2) is 73.1 Å². The highest BCUT2D eigenvalue weighted by Gasteiger charge is 2.31. The molecule has 0 unspecified atom stereocenters. The minimum absolute atomic E-state index is 0.00302. The van der Waals surface area contributed by atoms with E-state index in [1.807, 2.05) is 42.5 Å². The second-order valence-electron chi connectivity index (χ2n) is 6.99. The number of methoxy groups -OCH3 is 1. The van der Waals surface area contributed by atoms with Gasteiger partial charge in [0.2, 0.25) is 5.88 Å². The normalized spacial score (nSPS) is 11.0. The molecule has 0 aliphatic carbocycles. The molecule has 5 rings (SSSR count). The minimum atomic E-state index is -0.498. The topological polar surface area (TPSA) is 97.5 Å². The molecule has 2 N–H and O–H groups in total. The molecule has 0 fully saturated rings. The number of carbonyl (C=O) groups excluding carboxylic acids is 1. The Bertz CT molecular complexity index is 1440. The maximum Gasteiger partial charge on any atom is 0.242 e. The third-order valence-electron chi connectivity index (χ3n) is 5.11. The summed E-state index contributed by atoms with van der Waals surface area (Å²) in [5.74, 6) is -0.695. The van der Waals surface area contributed by atoms with Crippen LogP contribution in [-0.2, 0) is 0 Å². The molecule has 0 amide bonds. The molecule has 0 aliphatic rings. The summed E-state index contributed by atoms with van der Waals surface area (Å²) >= 11 is 1.31. The van der Waals surface area contributed by atoms with Crippen molar-refractivity contribution in [1.29, 1.82) is 0 Å². The lowest BCUT2D eigenvalue weighted by atomic mass is 10.00. The van der Waals surface area contributed by atoms with Gasteiger partial charge in [0.15, 0.2) is 16.7 Å². The largest absolute Gasteiger partial charge is 0.503 e. The maximum atomic E-state index is 13.4. The van der Waals surface area contributed by atoms with E-state index in [1.54, 1.807) is 25.3 Å². The van der Waals surface area contributed by atoms with Crippen LogP contribution >= 0.6 is 11.3 Å². The third kappa shape index (κ3) is 3.17. The monoisotopic (exact) mass is 443 g/mol. The smallest absolute Gasteiger partial charge is 0.242 e. The number of ketones is 1. The molecule has 7 nitrogen and oxygen atoms in total. The Morgan fingerprint density at radius 1 is 1.03 bits per heavy atom. The highest BCUT2D eigenvalue weighted by atomic mass is 32.1. The van der Waals surface area contributed by atoms with Crippen molar-refractivity contribution >= 4 is 27.3 Å². The Morgan fingerprint density at radius 2 is 1.78 bits per heavy atom. The molecule has 158 valence electrons. The number of hydrogen-bond donors (Lipinski definition) is 2. The first-order valence-corrected chi connectivity index (χ1v) is 10.5. The van der Waals surface area contributed by atoms with Gasteiger partial charge in [0.1, 0.15) is 5.75 Å². The van der Waals surface area contributed by atoms with Gasteiger partial charge in [-0.15, -0.1) is 0 Å². The third-order valence-corrected chi connectivity index (χ3v) is 6.12. The van der Waals surface area contributed by atoms with Gasteiger partial charge in [-0.1, -0.05) is 41.7 Å². The van der Waals surface area contributed by atoms with Crippen LogP contribution in [0.25, 0.3) is 26.6 Å². The zero-order valence-corrected chi connectivity index (χ0v) is 17.7. The van der Waals surface area contributed by atoms with Crippen molar-refractivity contribution in [2.75, 3.05) is 7.11 Å². The number of ether oxygens (including phenoxy) is 1. The molecular weight excluding hydrogens is 426 g/mol. The van der Waals surface area contributed by atoms with Crippen LogP contribution in [0.4, 0.5) is 0 Å².